The maximum Gasteiger partial charge on any atom is 0.253 e. The van der Waals surface area contributed by atoms with Crippen LogP contribution in [0, 0.1) is 6.92 Å². The second-order valence-electron chi connectivity index (χ2n) is 7.17. The highest BCUT2D eigenvalue weighted by molar-refractivity contribution is 5.94. The molecule has 0 unspecified atom stereocenters. The van der Waals surface area contributed by atoms with E-state index in [1.165, 1.54) is 0 Å². The van der Waals surface area contributed by atoms with Crippen LogP contribution in [0.25, 0.3) is 0 Å². The fourth-order valence-corrected chi connectivity index (χ4v) is 3.82. The van der Waals surface area contributed by atoms with Crippen molar-refractivity contribution >= 4 is 24.2 Å². The average molecular weight is 366 g/mol. The van der Waals surface area contributed by atoms with Gasteiger partial charge < -0.3 is 15.5 Å². The predicted octanol–water partition coefficient (Wildman–Crippen LogP) is 2.36. The first-order valence-corrected chi connectivity index (χ1v) is 8.94. The van der Waals surface area contributed by atoms with Gasteiger partial charge in [0.05, 0.1) is 5.54 Å². The molecule has 1 saturated heterocycles. The minimum atomic E-state index is -0.671. The molecule has 5 nitrogen and oxygen atoms in total. The molecule has 1 aliphatic heterocycles. The van der Waals surface area contributed by atoms with Crippen LogP contribution in [-0.2, 0) is 4.79 Å². The molecule has 0 radical (unpaired) electrons. The van der Waals surface area contributed by atoms with Crippen LogP contribution in [0.5, 0.6) is 0 Å². The van der Waals surface area contributed by atoms with Crippen LogP contribution in [0.3, 0.4) is 0 Å². The lowest BCUT2D eigenvalue weighted by Gasteiger charge is -2.30. The van der Waals surface area contributed by atoms with Gasteiger partial charge in [-0.1, -0.05) is 30.5 Å². The molecule has 2 fully saturated rings. The Morgan fingerprint density at radius 2 is 1.64 bits per heavy atom. The molecule has 1 saturated carbocycles. The standard InChI is InChI=1S/C19H27N3O2.ClH/c1-15-6-4-7-16(14-15)17(23)21-10-5-11-22(13-12-21)18(24)19(20)8-2-3-9-19;/h4,6-7,14H,2-3,5,8-13,20H2,1H3;1H. The zero-order valence-electron chi connectivity index (χ0n) is 14.9. The Morgan fingerprint density at radius 1 is 1.00 bits per heavy atom. The third-order valence-electron chi connectivity index (χ3n) is 5.26. The molecular formula is C19H28ClN3O2. The monoisotopic (exact) mass is 365 g/mol. The van der Waals surface area contributed by atoms with Crippen molar-refractivity contribution in [1.29, 1.82) is 0 Å². The molecule has 0 aromatic heterocycles. The van der Waals surface area contributed by atoms with Crippen LogP contribution in [-0.4, -0.2) is 53.3 Å². The highest BCUT2D eigenvalue weighted by Crippen LogP contribution is 2.29. The molecule has 2 aliphatic rings. The van der Waals surface area contributed by atoms with Gasteiger partial charge in [0.15, 0.2) is 0 Å². The third kappa shape index (κ3) is 4.33. The Hall–Kier alpha value is -1.59. The molecule has 25 heavy (non-hydrogen) atoms. The van der Waals surface area contributed by atoms with Gasteiger partial charge in [-0.15, -0.1) is 12.4 Å². The van der Waals surface area contributed by atoms with E-state index >= 15 is 0 Å². The lowest BCUT2D eigenvalue weighted by molar-refractivity contribution is -0.136. The highest BCUT2D eigenvalue weighted by atomic mass is 35.5. The molecule has 2 N–H and O–H groups in total. The Bertz CT molecular complexity index is 629. The summed E-state index contributed by atoms with van der Waals surface area (Å²) in [6.07, 6.45) is 4.45. The molecule has 1 aliphatic carbocycles. The summed E-state index contributed by atoms with van der Waals surface area (Å²) < 4.78 is 0. The summed E-state index contributed by atoms with van der Waals surface area (Å²) in [6, 6.07) is 7.68. The first-order valence-electron chi connectivity index (χ1n) is 8.94. The molecule has 0 bridgehead atoms. The van der Waals surface area contributed by atoms with Crippen LogP contribution in [0.1, 0.15) is 48.0 Å². The second kappa shape index (κ2) is 8.19. The van der Waals surface area contributed by atoms with E-state index in [1.807, 2.05) is 41.0 Å². The van der Waals surface area contributed by atoms with E-state index in [0.717, 1.165) is 43.2 Å². The van der Waals surface area contributed by atoms with Crippen molar-refractivity contribution in [3.05, 3.63) is 35.4 Å². The minimum absolute atomic E-state index is 0. The van der Waals surface area contributed by atoms with Crippen molar-refractivity contribution < 1.29 is 9.59 Å². The number of carbonyl (C=O) groups excluding carboxylic acids is 2. The third-order valence-corrected chi connectivity index (χ3v) is 5.26. The summed E-state index contributed by atoms with van der Waals surface area (Å²) >= 11 is 0. The average Bonchev–Trinajstić information content (AvgIpc) is 2.88. The number of halogens is 1. The fraction of sp³-hybridized carbons (Fsp3) is 0.579. The number of hydrogen-bond acceptors (Lipinski definition) is 3. The smallest absolute Gasteiger partial charge is 0.253 e. The van der Waals surface area contributed by atoms with Gasteiger partial charge in [0.25, 0.3) is 5.91 Å². The van der Waals surface area contributed by atoms with Gasteiger partial charge in [0.2, 0.25) is 5.91 Å². The van der Waals surface area contributed by atoms with E-state index < -0.39 is 5.54 Å². The van der Waals surface area contributed by atoms with Gasteiger partial charge >= 0.3 is 0 Å². The summed E-state index contributed by atoms with van der Waals surface area (Å²) in [5.74, 6) is 0.126. The molecule has 2 amide bonds. The summed E-state index contributed by atoms with van der Waals surface area (Å²) in [4.78, 5) is 29.2. The van der Waals surface area contributed by atoms with Gasteiger partial charge in [-0.05, 0) is 38.3 Å². The Labute approximate surface area is 155 Å². The molecule has 1 heterocycles. The topological polar surface area (TPSA) is 66.6 Å². The van der Waals surface area contributed by atoms with Gasteiger partial charge in [0.1, 0.15) is 0 Å². The quantitative estimate of drug-likeness (QED) is 0.874. The number of nitrogens with zero attached hydrogens (tertiary/aromatic N) is 2. The largest absolute Gasteiger partial charge is 0.339 e. The van der Waals surface area contributed by atoms with E-state index in [9.17, 15) is 9.59 Å². The van der Waals surface area contributed by atoms with Crippen LogP contribution >= 0.6 is 12.4 Å². The highest BCUT2D eigenvalue weighted by Gasteiger charge is 2.40. The molecular weight excluding hydrogens is 338 g/mol. The minimum Gasteiger partial charge on any atom is -0.339 e. The fourth-order valence-electron chi connectivity index (χ4n) is 3.82. The number of hydrogen-bond donors (Lipinski definition) is 1. The molecule has 138 valence electrons. The molecule has 1 aromatic rings. The Balaban J connectivity index is 0.00000225. The Morgan fingerprint density at radius 3 is 2.32 bits per heavy atom. The first-order chi connectivity index (χ1) is 11.5. The maximum atomic E-state index is 12.8. The van der Waals surface area contributed by atoms with Gasteiger partial charge in [-0.3, -0.25) is 9.59 Å². The normalized spacial score (nSPS) is 19.9. The van der Waals surface area contributed by atoms with Crippen LogP contribution in [0.4, 0.5) is 0 Å². The summed E-state index contributed by atoms with van der Waals surface area (Å²) in [5.41, 5.74) is 7.45. The lowest BCUT2D eigenvalue weighted by atomic mass is 9.97. The Kier molecular flexibility index (Phi) is 6.47. The SMILES string of the molecule is Cc1cccc(C(=O)N2CCCN(C(=O)C3(N)CCCC3)CC2)c1.Cl. The summed E-state index contributed by atoms with van der Waals surface area (Å²) in [5, 5.41) is 0. The van der Waals surface area contributed by atoms with Crippen molar-refractivity contribution in [1.82, 2.24) is 9.80 Å². The summed E-state index contributed by atoms with van der Waals surface area (Å²) in [7, 11) is 0. The van der Waals surface area contributed by atoms with E-state index in [0.29, 0.717) is 26.2 Å². The van der Waals surface area contributed by atoms with Crippen molar-refractivity contribution in [2.45, 2.75) is 44.6 Å². The van der Waals surface area contributed by atoms with Crippen molar-refractivity contribution in [2.24, 2.45) is 5.73 Å². The van der Waals surface area contributed by atoms with Crippen LogP contribution < -0.4 is 5.73 Å². The number of rotatable bonds is 2. The van der Waals surface area contributed by atoms with E-state index in [4.69, 9.17) is 5.73 Å². The maximum absolute atomic E-state index is 12.8. The number of benzene rings is 1. The molecule has 3 rings (SSSR count). The van der Waals surface area contributed by atoms with E-state index in [1.54, 1.807) is 0 Å². The number of nitrogens with two attached hydrogens (primary N) is 1. The first kappa shape index (κ1) is 19.7. The molecule has 6 heteroatoms. The van der Waals surface area contributed by atoms with Gasteiger partial charge in [-0.25, -0.2) is 0 Å². The lowest BCUT2D eigenvalue weighted by Crippen LogP contribution is -2.54. The predicted molar refractivity (Wildman–Crippen MR) is 101 cm³/mol. The van der Waals surface area contributed by atoms with Crippen molar-refractivity contribution in [3.63, 3.8) is 0 Å². The van der Waals surface area contributed by atoms with Gasteiger partial charge in [0, 0.05) is 31.7 Å². The van der Waals surface area contributed by atoms with Crippen LogP contribution in [0.15, 0.2) is 24.3 Å². The number of amides is 2. The second-order valence-corrected chi connectivity index (χ2v) is 7.17. The molecule has 1 aromatic carbocycles. The van der Waals surface area contributed by atoms with E-state index in [2.05, 4.69) is 0 Å². The number of carbonyl (C=O) groups is 2. The van der Waals surface area contributed by atoms with Crippen LogP contribution in [0.2, 0.25) is 0 Å². The zero-order chi connectivity index (χ0) is 17.2. The summed E-state index contributed by atoms with van der Waals surface area (Å²) in [6.45, 7) is 4.52. The zero-order valence-corrected chi connectivity index (χ0v) is 15.7. The molecule has 0 spiro atoms. The number of aryl methyl sites for hydroxylation is 1. The van der Waals surface area contributed by atoms with Crippen molar-refractivity contribution in [3.8, 4) is 0 Å². The molecule has 0 atom stereocenters. The van der Waals surface area contributed by atoms with Crippen molar-refractivity contribution in [2.75, 3.05) is 26.2 Å². The van der Waals surface area contributed by atoms with E-state index in [-0.39, 0.29) is 24.2 Å². The van der Waals surface area contributed by atoms with Gasteiger partial charge in [-0.2, -0.15) is 0 Å².